The number of aryl methyl sites for hydroxylation is 1. The second-order valence-electron chi connectivity index (χ2n) is 2.77. The maximum absolute atomic E-state index is 10.6. The molecule has 0 radical (unpaired) electrons. The summed E-state index contributed by atoms with van der Waals surface area (Å²) < 4.78 is 1.55. The first kappa shape index (κ1) is 9.66. The van der Waals surface area contributed by atoms with E-state index in [1.807, 2.05) is 0 Å². The fraction of sp³-hybridized carbons (Fsp3) is 0.571. The number of hydrogen-bond acceptors (Lipinski definition) is 4. The highest BCUT2D eigenvalue weighted by atomic mass is 16.4. The van der Waals surface area contributed by atoms with Crippen molar-refractivity contribution in [3.8, 4) is 0 Å². The molecule has 0 aliphatic heterocycles. The molecule has 0 aliphatic rings. The lowest BCUT2D eigenvalue weighted by Crippen LogP contribution is -2.35. The molecule has 0 aromatic carbocycles. The Bertz CT molecular complexity index is 296. The molecule has 1 unspecified atom stereocenters. The van der Waals surface area contributed by atoms with Crippen LogP contribution in [-0.2, 0) is 18.3 Å². The van der Waals surface area contributed by atoms with Gasteiger partial charge >= 0.3 is 5.97 Å². The summed E-state index contributed by atoms with van der Waals surface area (Å²) in [6.45, 7) is 0. The molecule has 0 bridgehead atoms. The monoisotopic (exact) mass is 184 g/mol. The highest BCUT2D eigenvalue weighted by Crippen LogP contribution is 1.97. The van der Waals surface area contributed by atoms with Crippen LogP contribution in [-0.4, -0.2) is 39.2 Å². The number of aromatic nitrogens is 3. The van der Waals surface area contributed by atoms with Gasteiger partial charge in [0.2, 0.25) is 0 Å². The average Bonchev–Trinajstić information content (AvgIpc) is 2.46. The number of nitrogens with zero attached hydrogens (tertiary/aromatic N) is 3. The van der Waals surface area contributed by atoms with Crippen molar-refractivity contribution in [2.75, 3.05) is 7.05 Å². The van der Waals surface area contributed by atoms with Gasteiger partial charge in [-0.15, -0.1) is 5.10 Å². The van der Waals surface area contributed by atoms with Gasteiger partial charge in [0.25, 0.3) is 0 Å². The highest BCUT2D eigenvalue weighted by molar-refractivity contribution is 5.73. The summed E-state index contributed by atoms with van der Waals surface area (Å²) in [5.74, 6) is -0.881. The molecule has 0 saturated heterocycles. The zero-order valence-electron chi connectivity index (χ0n) is 7.56. The van der Waals surface area contributed by atoms with Gasteiger partial charge in [-0.05, 0) is 7.05 Å². The summed E-state index contributed by atoms with van der Waals surface area (Å²) >= 11 is 0. The first-order valence-corrected chi connectivity index (χ1v) is 3.88. The van der Waals surface area contributed by atoms with Gasteiger partial charge in [-0.3, -0.25) is 9.48 Å². The number of likely N-dealkylation sites (N-methyl/N-ethyl adjacent to an activating group) is 1. The number of aliphatic carboxylic acids is 1. The molecule has 0 spiro atoms. The van der Waals surface area contributed by atoms with Gasteiger partial charge in [-0.2, -0.15) is 0 Å². The minimum Gasteiger partial charge on any atom is -0.480 e. The van der Waals surface area contributed by atoms with Crippen LogP contribution in [0.3, 0.4) is 0 Å². The van der Waals surface area contributed by atoms with E-state index in [1.54, 1.807) is 25.0 Å². The van der Waals surface area contributed by atoms with Gasteiger partial charge in [-0.1, -0.05) is 5.21 Å². The fourth-order valence-electron chi connectivity index (χ4n) is 1.01. The number of carboxylic acids is 1. The van der Waals surface area contributed by atoms with Crippen molar-refractivity contribution < 1.29 is 9.90 Å². The van der Waals surface area contributed by atoms with Gasteiger partial charge in [0.15, 0.2) is 0 Å². The Morgan fingerprint density at radius 1 is 1.85 bits per heavy atom. The van der Waals surface area contributed by atoms with Crippen LogP contribution in [0.2, 0.25) is 0 Å². The number of carboxylic acid groups (broad SMARTS) is 1. The Morgan fingerprint density at radius 3 is 2.92 bits per heavy atom. The van der Waals surface area contributed by atoms with E-state index in [-0.39, 0.29) is 0 Å². The molecule has 1 heterocycles. The minimum atomic E-state index is -0.881. The third kappa shape index (κ3) is 2.51. The van der Waals surface area contributed by atoms with Crippen LogP contribution < -0.4 is 5.32 Å². The standard InChI is InChI=1S/C7H12N4O2/c1-8-6(7(12)13)3-5-4-11(2)10-9-5/h4,6,8H,3H2,1-2H3,(H,12,13). The van der Waals surface area contributed by atoms with Crippen LogP contribution in [0.4, 0.5) is 0 Å². The predicted molar refractivity (Wildman–Crippen MR) is 45.2 cm³/mol. The van der Waals surface area contributed by atoms with Gasteiger partial charge in [0.1, 0.15) is 6.04 Å². The maximum Gasteiger partial charge on any atom is 0.321 e. The number of hydrogen-bond donors (Lipinski definition) is 2. The molecule has 6 nitrogen and oxygen atoms in total. The van der Waals surface area contributed by atoms with Gasteiger partial charge in [0, 0.05) is 19.7 Å². The van der Waals surface area contributed by atoms with Crippen LogP contribution in [0.5, 0.6) is 0 Å². The second kappa shape index (κ2) is 3.99. The average molecular weight is 184 g/mol. The fourth-order valence-corrected chi connectivity index (χ4v) is 1.01. The Morgan fingerprint density at radius 2 is 2.54 bits per heavy atom. The van der Waals surface area contributed by atoms with Crippen molar-refractivity contribution in [1.82, 2.24) is 20.3 Å². The first-order chi connectivity index (χ1) is 6.13. The quantitative estimate of drug-likeness (QED) is 0.629. The zero-order chi connectivity index (χ0) is 9.84. The minimum absolute atomic E-state index is 0.347. The van der Waals surface area contributed by atoms with E-state index in [2.05, 4.69) is 15.6 Å². The lowest BCUT2D eigenvalue weighted by Gasteiger charge is -2.07. The van der Waals surface area contributed by atoms with Crippen molar-refractivity contribution in [2.24, 2.45) is 7.05 Å². The number of rotatable bonds is 4. The molecule has 1 rings (SSSR count). The van der Waals surface area contributed by atoms with Gasteiger partial charge in [-0.25, -0.2) is 0 Å². The van der Waals surface area contributed by atoms with Crippen molar-refractivity contribution in [3.63, 3.8) is 0 Å². The molecule has 0 aliphatic carbocycles. The molecule has 72 valence electrons. The Hall–Kier alpha value is -1.43. The van der Waals surface area contributed by atoms with Crippen LogP contribution >= 0.6 is 0 Å². The molecule has 1 aromatic heterocycles. The van der Waals surface area contributed by atoms with Crippen molar-refractivity contribution in [1.29, 1.82) is 0 Å². The molecule has 0 saturated carbocycles. The summed E-state index contributed by atoms with van der Waals surface area (Å²) in [5.41, 5.74) is 0.671. The zero-order valence-corrected chi connectivity index (χ0v) is 7.56. The third-order valence-electron chi connectivity index (χ3n) is 1.71. The maximum atomic E-state index is 10.6. The van der Waals surface area contributed by atoms with E-state index in [1.165, 1.54) is 0 Å². The van der Waals surface area contributed by atoms with Crippen LogP contribution in [0, 0.1) is 0 Å². The number of carbonyl (C=O) groups is 1. The van der Waals surface area contributed by atoms with E-state index in [0.717, 1.165) is 0 Å². The topological polar surface area (TPSA) is 80.0 Å². The lowest BCUT2D eigenvalue weighted by atomic mass is 10.2. The summed E-state index contributed by atoms with van der Waals surface area (Å²) in [5, 5.41) is 18.9. The third-order valence-corrected chi connectivity index (χ3v) is 1.71. The smallest absolute Gasteiger partial charge is 0.321 e. The normalized spacial score (nSPS) is 12.8. The van der Waals surface area contributed by atoms with Crippen molar-refractivity contribution in [2.45, 2.75) is 12.5 Å². The van der Waals surface area contributed by atoms with Gasteiger partial charge in [0.05, 0.1) is 5.69 Å². The molecule has 0 amide bonds. The predicted octanol–water partition coefficient (Wildman–Crippen LogP) is -0.970. The molecule has 1 aromatic rings. The van der Waals surface area contributed by atoms with E-state index in [4.69, 9.17) is 5.11 Å². The molecule has 0 fully saturated rings. The van der Waals surface area contributed by atoms with Crippen molar-refractivity contribution >= 4 is 5.97 Å². The first-order valence-electron chi connectivity index (χ1n) is 3.88. The van der Waals surface area contributed by atoms with E-state index in [9.17, 15) is 4.79 Å². The van der Waals surface area contributed by atoms with Gasteiger partial charge < -0.3 is 10.4 Å². The Balaban J connectivity index is 2.61. The lowest BCUT2D eigenvalue weighted by molar-refractivity contribution is -0.139. The summed E-state index contributed by atoms with van der Waals surface area (Å²) in [6.07, 6.45) is 2.05. The van der Waals surface area contributed by atoms with Crippen LogP contribution in [0.15, 0.2) is 6.20 Å². The van der Waals surface area contributed by atoms with E-state index >= 15 is 0 Å². The molecule has 6 heteroatoms. The van der Waals surface area contributed by atoms with Crippen LogP contribution in [0.25, 0.3) is 0 Å². The second-order valence-corrected chi connectivity index (χ2v) is 2.77. The highest BCUT2D eigenvalue weighted by Gasteiger charge is 2.16. The summed E-state index contributed by atoms with van der Waals surface area (Å²) in [7, 11) is 3.35. The molecule has 2 N–H and O–H groups in total. The summed E-state index contributed by atoms with van der Waals surface area (Å²) in [4.78, 5) is 10.6. The summed E-state index contributed by atoms with van der Waals surface area (Å²) in [6, 6.07) is -0.600. The number of nitrogens with one attached hydrogen (secondary N) is 1. The molecule has 1 atom stereocenters. The van der Waals surface area contributed by atoms with E-state index in [0.29, 0.717) is 12.1 Å². The molecule has 13 heavy (non-hydrogen) atoms. The van der Waals surface area contributed by atoms with Crippen LogP contribution in [0.1, 0.15) is 5.69 Å². The van der Waals surface area contributed by atoms with E-state index < -0.39 is 12.0 Å². The van der Waals surface area contributed by atoms with Crippen molar-refractivity contribution in [3.05, 3.63) is 11.9 Å². The molecular formula is C7H12N4O2. The SMILES string of the molecule is CNC(Cc1cn(C)nn1)C(=O)O. The Kier molecular flexibility index (Phi) is 2.97. The Labute approximate surface area is 75.6 Å². The molecular weight excluding hydrogens is 172 g/mol. The largest absolute Gasteiger partial charge is 0.480 e.